The second-order valence-corrected chi connectivity index (χ2v) is 11.1. The first kappa shape index (κ1) is 26.7. The smallest absolute Gasteiger partial charge is 0.272 e. The van der Waals surface area contributed by atoms with Crippen molar-refractivity contribution < 1.29 is 14.3 Å². The number of hydrogen-bond donors (Lipinski definition) is 0. The molecule has 1 aromatic heterocycles. The highest BCUT2D eigenvalue weighted by Gasteiger charge is 2.37. The van der Waals surface area contributed by atoms with Crippen molar-refractivity contribution in [3.05, 3.63) is 46.2 Å². The first-order valence-electron chi connectivity index (χ1n) is 13.0. The Balaban J connectivity index is 1.52. The van der Waals surface area contributed by atoms with Crippen LogP contribution in [0.25, 0.3) is 0 Å². The lowest BCUT2D eigenvalue weighted by Crippen LogP contribution is -2.51. The number of piperidine rings is 1. The summed E-state index contributed by atoms with van der Waals surface area (Å²) in [7, 11) is 2.08. The molecule has 0 spiro atoms. The third kappa shape index (κ3) is 6.29. The molecule has 1 aromatic carbocycles. The van der Waals surface area contributed by atoms with Crippen molar-refractivity contribution in [2.45, 2.75) is 52.2 Å². The topological polar surface area (TPSA) is 70.9 Å². The van der Waals surface area contributed by atoms with E-state index in [4.69, 9.17) is 4.74 Å². The number of carbonyl (C=O) groups excluding carboxylic acids is 2. The number of aromatic nitrogens is 2. The predicted molar refractivity (Wildman–Crippen MR) is 143 cm³/mol. The highest BCUT2D eigenvalue weighted by Crippen LogP contribution is 2.29. The van der Waals surface area contributed by atoms with Gasteiger partial charge < -0.3 is 19.4 Å². The molecule has 2 aromatic rings. The Hall–Kier alpha value is -2.39. The van der Waals surface area contributed by atoms with Crippen molar-refractivity contribution in [1.82, 2.24) is 24.5 Å². The van der Waals surface area contributed by atoms with Crippen LogP contribution in [-0.4, -0.2) is 88.7 Å². The number of aryl methyl sites for hydroxylation is 1. The van der Waals surface area contributed by atoms with Crippen molar-refractivity contribution in [2.75, 3.05) is 46.3 Å². The normalized spacial score (nSPS) is 21.2. The minimum atomic E-state index is -0.137. The van der Waals surface area contributed by atoms with E-state index in [0.717, 1.165) is 42.1 Å². The lowest BCUT2D eigenvalue weighted by atomic mass is 9.90. The van der Waals surface area contributed by atoms with Crippen LogP contribution in [0.4, 0.5) is 0 Å². The Bertz CT molecular complexity index is 1060. The van der Waals surface area contributed by atoms with E-state index >= 15 is 0 Å². The van der Waals surface area contributed by atoms with Gasteiger partial charge in [-0.1, -0.05) is 35.8 Å². The van der Waals surface area contributed by atoms with Gasteiger partial charge in [-0.05, 0) is 44.2 Å². The fourth-order valence-electron chi connectivity index (χ4n) is 4.96. The van der Waals surface area contributed by atoms with Crippen LogP contribution >= 0.6 is 15.9 Å². The van der Waals surface area contributed by atoms with Gasteiger partial charge in [-0.2, -0.15) is 5.10 Å². The van der Waals surface area contributed by atoms with Crippen LogP contribution in [0.3, 0.4) is 0 Å². The Morgan fingerprint density at radius 2 is 1.86 bits per heavy atom. The molecule has 36 heavy (non-hydrogen) atoms. The van der Waals surface area contributed by atoms with Crippen LogP contribution in [-0.2, 0) is 11.3 Å². The molecule has 2 saturated heterocycles. The van der Waals surface area contributed by atoms with E-state index in [1.165, 1.54) is 0 Å². The molecule has 9 heteroatoms. The van der Waals surface area contributed by atoms with Crippen LogP contribution in [0.1, 0.15) is 55.7 Å². The molecule has 2 fully saturated rings. The molecule has 2 aliphatic rings. The Morgan fingerprint density at radius 3 is 2.53 bits per heavy atom. The van der Waals surface area contributed by atoms with Crippen LogP contribution < -0.4 is 4.74 Å². The van der Waals surface area contributed by atoms with E-state index in [1.54, 1.807) is 4.68 Å². The van der Waals surface area contributed by atoms with Crippen molar-refractivity contribution in [3.63, 3.8) is 0 Å². The van der Waals surface area contributed by atoms with Gasteiger partial charge in [0.15, 0.2) is 0 Å². The van der Waals surface area contributed by atoms with Gasteiger partial charge in [0, 0.05) is 69.0 Å². The Labute approximate surface area is 222 Å². The summed E-state index contributed by atoms with van der Waals surface area (Å²) in [5.74, 6) is 1.07. The summed E-state index contributed by atoms with van der Waals surface area (Å²) in [5.41, 5.74) is 1.55. The summed E-state index contributed by atoms with van der Waals surface area (Å²) in [5, 5.41) is 4.63. The molecule has 0 aliphatic carbocycles. The molecule has 0 N–H and O–H groups in total. The van der Waals surface area contributed by atoms with Gasteiger partial charge in [-0.3, -0.25) is 14.3 Å². The maximum absolute atomic E-state index is 13.6. The lowest BCUT2D eigenvalue weighted by Gasteiger charge is -2.40. The molecule has 3 heterocycles. The van der Waals surface area contributed by atoms with E-state index in [0.29, 0.717) is 38.2 Å². The minimum Gasteiger partial charge on any atom is -0.490 e. The Morgan fingerprint density at radius 1 is 1.11 bits per heavy atom. The maximum Gasteiger partial charge on any atom is 0.272 e. The van der Waals surface area contributed by atoms with Gasteiger partial charge in [0.25, 0.3) is 5.91 Å². The summed E-state index contributed by atoms with van der Waals surface area (Å²) >= 11 is 3.51. The monoisotopic (exact) mass is 559 g/mol. The molecule has 2 atom stereocenters. The number of hydrogen-bond acceptors (Lipinski definition) is 5. The van der Waals surface area contributed by atoms with Gasteiger partial charge in [0.1, 0.15) is 17.5 Å². The highest BCUT2D eigenvalue weighted by molar-refractivity contribution is 9.10. The summed E-state index contributed by atoms with van der Waals surface area (Å²) in [6, 6.07) is 9.72. The molecular formula is C27H38BrN5O3. The fourth-order valence-corrected chi connectivity index (χ4v) is 5.34. The predicted octanol–water partition coefficient (Wildman–Crippen LogP) is 3.86. The number of halogens is 1. The molecule has 196 valence electrons. The number of ether oxygens (including phenoxy) is 1. The van der Waals surface area contributed by atoms with Gasteiger partial charge in [-0.15, -0.1) is 0 Å². The van der Waals surface area contributed by atoms with Crippen LogP contribution in [0, 0.1) is 5.92 Å². The quantitative estimate of drug-likeness (QED) is 0.515. The van der Waals surface area contributed by atoms with Gasteiger partial charge in [0.2, 0.25) is 5.91 Å². The number of likely N-dealkylation sites (N-methyl/N-ethyl adjacent to an activating group) is 1. The van der Waals surface area contributed by atoms with E-state index in [-0.39, 0.29) is 29.8 Å². The van der Waals surface area contributed by atoms with E-state index in [9.17, 15) is 9.59 Å². The van der Waals surface area contributed by atoms with Crippen molar-refractivity contribution in [1.29, 1.82) is 0 Å². The van der Waals surface area contributed by atoms with Gasteiger partial charge in [-0.25, -0.2) is 0 Å². The van der Waals surface area contributed by atoms with E-state index in [1.807, 2.05) is 47.1 Å². The highest BCUT2D eigenvalue weighted by atomic mass is 79.9. The summed E-state index contributed by atoms with van der Waals surface area (Å²) in [6.07, 6.45) is 0.911. The zero-order valence-electron chi connectivity index (χ0n) is 21.8. The summed E-state index contributed by atoms with van der Waals surface area (Å²) in [6.45, 7) is 11.2. The number of nitrogens with zero attached hydrogens (tertiary/aromatic N) is 5. The SMILES string of the molecule is CCn1nc(C(C)C)cc1C(=O)N1CC[C@H](Oc2cccc(Br)c2)[C@@H](CC(=O)N2CCN(C)CC2)C1. The maximum atomic E-state index is 13.6. The lowest BCUT2D eigenvalue weighted by molar-refractivity contribution is -0.135. The molecule has 4 rings (SSSR count). The first-order valence-corrected chi connectivity index (χ1v) is 13.8. The average molecular weight is 561 g/mol. The largest absolute Gasteiger partial charge is 0.490 e. The zero-order chi connectivity index (χ0) is 25.8. The average Bonchev–Trinajstić information content (AvgIpc) is 3.30. The van der Waals surface area contributed by atoms with Crippen molar-refractivity contribution in [3.8, 4) is 5.75 Å². The minimum absolute atomic E-state index is 0.0193. The van der Waals surface area contributed by atoms with Crippen molar-refractivity contribution in [2.24, 2.45) is 5.92 Å². The van der Waals surface area contributed by atoms with Crippen LogP contribution in [0.2, 0.25) is 0 Å². The number of piperazine rings is 1. The molecule has 8 nitrogen and oxygen atoms in total. The summed E-state index contributed by atoms with van der Waals surface area (Å²) in [4.78, 5) is 33.0. The van der Waals surface area contributed by atoms with Crippen LogP contribution in [0.5, 0.6) is 5.75 Å². The molecule has 0 radical (unpaired) electrons. The third-order valence-electron chi connectivity index (χ3n) is 7.24. The molecule has 0 saturated carbocycles. The molecule has 2 aliphatic heterocycles. The number of rotatable bonds is 7. The van der Waals surface area contributed by atoms with Gasteiger partial charge >= 0.3 is 0 Å². The third-order valence-corrected chi connectivity index (χ3v) is 7.73. The van der Waals surface area contributed by atoms with Crippen LogP contribution in [0.15, 0.2) is 34.8 Å². The number of benzene rings is 1. The van der Waals surface area contributed by atoms with Crippen molar-refractivity contribution >= 4 is 27.7 Å². The fraction of sp³-hybridized carbons (Fsp3) is 0.593. The molecule has 2 amide bonds. The number of amides is 2. The second-order valence-electron chi connectivity index (χ2n) is 10.2. The van der Waals surface area contributed by atoms with E-state index < -0.39 is 0 Å². The molecular weight excluding hydrogens is 522 g/mol. The molecule has 0 unspecified atom stereocenters. The van der Waals surface area contributed by atoms with E-state index in [2.05, 4.69) is 46.8 Å². The summed E-state index contributed by atoms with van der Waals surface area (Å²) < 4.78 is 9.15. The standard InChI is InChI=1S/C27H38BrN5O3/c1-5-33-24(17-23(29-33)19(2)3)27(35)32-10-9-25(36-22-8-6-7-21(28)16-22)20(18-32)15-26(34)31-13-11-30(4)12-14-31/h6-8,16-17,19-20,25H,5,9-15,18H2,1-4H3/t20-,25-/m0/s1. The Kier molecular flexibility index (Phi) is 8.72. The number of likely N-dealkylation sites (tertiary alicyclic amines) is 1. The molecule has 0 bridgehead atoms. The first-order chi connectivity index (χ1) is 17.2. The number of carbonyl (C=O) groups is 2. The zero-order valence-corrected chi connectivity index (χ0v) is 23.4. The van der Waals surface area contributed by atoms with Gasteiger partial charge in [0.05, 0.1) is 5.69 Å². The second kappa shape index (κ2) is 11.8.